The fourth-order valence-electron chi connectivity index (χ4n) is 3.14. The van der Waals surface area contributed by atoms with Crippen molar-refractivity contribution in [1.29, 1.82) is 0 Å². The van der Waals surface area contributed by atoms with E-state index in [0.717, 1.165) is 51.1 Å². The van der Waals surface area contributed by atoms with Gasteiger partial charge in [-0.15, -0.1) is 0 Å². The van der Waals surface area contributed by atoms with Crippen LogP contribution in [-0.4, -0.2) is 38.8 Å². The number of ether oxygens (including phenoxy) is 2. The number of carbonyl (C=O) groups is 1. The Bertz CT molecular complexity index is 472. The zero-order valence-electron chi connectivity index (χ0n) is 14.5. The lowest BCUT2D eigenvalue weighted by Gasteiger charge is -2.28. The third-order valence-electron chi connectivity index (χ3n) is 4.45. The fraction of sp³-hybridized carbons (Fsp3) is 0.632. The first-order valence-electron chi connectivity index (χ1n) is 8.88. The average molecular weight is 320 g/mol. The SMILES string of the molecule is CCOC(=O)[C@H]1CCC[NH+](CCCCOc2ccc(C)cc2)C1. The fourth-order valence-corrected chi connectivity index (χ4v) is 3.14. The highest BCUT2D eigenvalue weighted by atomic mass is 16.5. The first-order valence-corrected chi connectivity index (χ1v) is 8.88. The molecule has 1 N–H and O–H groups in total. The van der Waals surface area contributed by atoms with Crippen LogP contribution in [0.25, 0.3) is 0 Å². The van der Waals surface area contributed by atoms with Gasteiger partial charge in [0.15, 0.2) is 0 Å². The third kappa shape index (κ3) is 6.22. The zero-order valence-corrected chi connectivity index (χ0v) is 14.5. The van der Waals surface area contributed by atoms with Crippen molar-refractivity contribution in [2.24, 2.45) is 5.92 Å². The van der Waals surface area contributed by atoms with Gasteiger partial charge in [-0.05, 0) is 51.7 Å². The van der Waals surface area contributed by atoms with Gasteiger partial charge in [-0.1, -0.05) is 17.7 Å². The van der Waals surface area contributed by atoms with Crippen molar-refractivity contribution in [3.8, 4) is 5.75 Å². The Balaban J connectivity index is 1.60. The number of hydrogen-bond acceptors (Lipinski definition) is 3. The molecule has 0 saturated carbocycles. The van der Waals surface area contributed by atoms with E-state index in [2.05, 4.69) is 19.1 Å². The Labute approximate surface area is 139 Å². The van der Waals surface area contributed by atoms with Gasteiger partial charge in [0.1, 0.15) is 11.7 Å². The van der Waals surface area contributed by atoms with Crippen LogP contribution >= 0.6 is 0 Å². The molecule has 1 fully saturated rings. The highest BCUT2D eigenvalue weighted by Crippen LogP contribution is 2.12. The van der Waals surface area contributed by atoms with Crippen molar-refractivity contribution in [3.05, 3.63) is 29.8 Å². The molecular weight excluding hydrogens is 290 g/mol. The largest absolute Gasteiger partial charge is 0.494 e. The van der Waals surface area contributed by atoms with E-state index in [-0.39, 0.29) is 11.9 Å². The van der Waals surface area contributed by atoms with Crippen molar-refractivity contribution in [2.45, 2.75) is 39.5 Å². The molecule has 0 bridgehead atoms. The molecule has 0 amide bonds. The van der Waals surface area contributed by atoms with Gasteiger partial charge in [-0.3, -0.25) is 4.79 Å². The predicted molar refractivity (Wildman–Crippen MR) is 90.8 cm³/mol. The summed E-state index contributed by atoms with van der Waals surface area (Å²) in [5, 5.41) is 0. The van der Waals surface area contributed by atoms with Crippen molar-refractivity contribution in [1.82, 2.24) is 0 Å². The van der Waals surface area contributed by atoms with Gasteiger partial charge >= 0.3 is 5.97 Å². The van der Waals surface area contributed by atoms with Crippen LogP contribution in [0.4, 0.5) is 0 Å². The van der Waals surface area contributed by atoms with E-state index in [1.807, 2.05) is 19.1 Å². The Kier molecular flexibility index (Phi) is 7.40. The summed E-state index contributed by atoms with van der Waals surface area (Å²) >= 11 is 0. The van der Waals surface area contributed by atoms with E-state index in [0.29, 0.717) is 6.61 Å². The van der Waals surface area contributed by atoms with Gasteiger partial charge in [0.25, 0.3) is 0 Å². The number of benzene rings is 1. The molecule has 4 nitrogen and oxygen atoms in total. The molecule has 0 aliphatic carbocycles. The van der Waals surface area contributed by atoms with E-state index in [4.69, 9.17) is 9.47 Å². The van der Waals surface area contributed by atoms with Crippen molar-refractivity contribution < 1.29 is 19.2 Å². The van der Waals surface area contributed by atoms with Crippen molar-refractivity contribution >= 4 is 5.97 Å². The monoisotopic (exact) mass is 320 g/mol. The van der Waals surface area contributed by atoms with Gasteiger partial charge in [0.2, 0.25) is 0 Å². The Morgan fingerprint density at radius 1 is 1.26 bits per heavy atom. The maximum atomic E-state index is 11.8. The predicted octanol–water partition coefficient (Wildman–Crippen LogP) is 2.01. The minimum Gasteiger partial charge on any atom is -0.494 e. The summed E-state index contributed by atoms with van der Waals surface area (Å²) < 4.78 is 10.9. The van der Waals surface area contributed by atoms with Gasteiger partial charge in [0.05, 0.1) is 32.8 Å². The maximum Gasteiger partial charge on any atom is 0.314 e. The molecule has 0 aromatic heterocycles. The average Bonchev–Trinajstić information content (AvgIpc) is 2.57. The molecule has 1 aromatic carbocycles. The van der Waals surface area contributed by atoms with Crippen LogP contribution < -0.4 is 9.64 Å². The molecule has 4 heteroatoms. The topological polar surface area (TPSA) is 40.0 Å². The summed E-state index contributed by atoms with van der Waals surface area (Å²) in [7, 11) is 0. The normalized spacial score (nSPS) is 21.0. The summed E-state index contributed by atoms with van der Waals surface area (Å²) in [5.74, 6) is 1.04. The van der Waals surface area contributed by atoms with Crippen LogP contribution in [0.5, 0.6) is 5.75 Å². The molecule has 2 rings (SSSR count). The smallest absolute Gasteiger partial charge is 0.314 e. The van der Waals surface area contributed by atoms with Crippen molar-refractivity contribution in [3.63, 3.8) is 0 Å². The number of piperidine rings is 1. The third-order valence-corrected chi connectivity index (χ3v) is 4.45. The first kappa shape index (κ1) is 17.8. The molecule has 23 heavy (non-hydrogen) atoms. The summed E-state index contributed by atoms with van der Waals surface area (Å²) in [6.07, 6.45) is 4.30. The molecule has 1 unspecified atom stereocenters. The summed E-state index contributed by atoms with van der Waals surface area (Å²) in [6.45, 7) is 8.42. The Morgan fingerprint density at radius 2 is 2.04 bits per heavy atom. The summed E-state index contributed by atoms with van der Waals surface area (Å²) in [6, 6.07) is 8.19. The number of nitrogens with one attached hydrogen (secondary N) is 1. The molecule has 128 valence electrons. The quantitative estimate of drug-likeness (QED) is 0.588. The molecule has 1 aliphatic rings. The van der Waals surface area contributed by atoms with Gasteiger partial charge in [-0.2, -0.15) is 0 Å². The number of quaternary nitrogens is 1. The summed E-state index contributed by atoms with van der Waals surface area (Å²) in [5.41, 5.74) is 1.25. The van der Waals surface area contributed by atoms with E-state index in [1.165, 1.54) is 17.0 Å². The van der Waals surface area contributed by atoms with Crippen LogP contribution in [0.15, 0.2) is 24.3 Å². The lowest BCUT2D eigenvalue weighted by Crippen LogP contribution is -3.13. The van der Waals surface area contributed by atoms with Crippen LogP contribution in [0.3, 0.4) is 0 Å². The second-order valence-electron chi connectivity index (χ2n) is 6.41. The minimum atomic E-state index is -0.00703. The Morgan fingerprint density at radius 3 is 2.78 bits per heavy atom. The number of carbonyl (C=O) groups excluding carboxylic acids is 1. The van der Waals surface area contributed by atoms with Gasteiger partial charge in [0, 0.05) is 0 Å². The molecular formula is C19H30NO3+. The number of rotatable bonds is 8. The summed E-state index contributed by atoms with van der Waals surface area (Å²) in [4.78, 5) is 13.4. The van der Waals surface area contributed by atoms with Gasteiger partial charge in [-0.25, -0.2) is 0 Å². The highest BCUT2D eigenvalue weighted by Gasteiger charge is 2.29. The second kappa shape index (κ2) is 9.56. The van der Waals surface area contributed by atoms with Crippen molar-refractivity contribution in [2.75, 3.05) is 32.8 Å². The molecule has 0 radical (unpaired) electrons. The van der Waals surface area contributed by atoms with E-state index in [1.54, 1.807) is 0 Å². The lowest BCUT2D eigenvalue weighted by molar-refractivity contribution is -0.907. The maximum absolute atomic E-state index is 11.8. The second-order valence-corrected chi connectivity index (χ2v) is 6.41. The van der Waals surface area contributed by atoms with Crippen LogP contribution in [0.2, 0.25) is 0 Å². The highest BCUT2D eigenvalue weighted by molar-refractivity contribution is 5.72. The first-order chi connectivity index (χ1) is 11.2. The number of esters is 1. The molecule has 2 atom stereocenters. The molecule has 1 aromatic rings. The van der Waals surface area contributed by atoms with E-state index < -0.39 is 0 Å². The van der Waals surface area contributed by atoms with E-state index in [9.17, 15) is 4.79 Å². The van der Waals surface area contributed by atoms with Crippen LogP contribution in [-0.2, 0) is 9.53 Å². The standard InChI is InChI=1S/C19H29NO3/c1-3-22-19(21)17-7-6-13-20(15-17)12-4-5-14-23-18-10-8-16(2)9-11-18/h8-11,17H,3-7,12-15H2,1-2H3/p+1/t17-/m0/s1. The lowest BCUT2D eigenvalue weighted by atomic mass is 9.98. The number of aryl methyl sites for hydroxylation is 1. The molecule has 1 aliphatic heterocycles. The number of likely N-dealkylation sites (tertiary alicyclic amines) is 1. The zero-order chi connectivity index (χ0) is 16.5. The molecule has 1 heterocycles. The number of unbranched alkanes of at least 4 members (excludes halogenated alkanes) is 1. The number of hydrogen-bond donors (Lipinski definition) is 1. The Hall–Kier alpha value is -1.55. The molecule has 1 saturated heterocycles. The van der Waals surface area contributed by atoms with Gasteiger partial charge < -0.3 is 14.4 Å². The van der Waals surface area contributed by atoms with Crippen LogP contribution in [0, 0.1) is 12.8 Å². The van der Waals surface area contributed by atoms with E-state index >= 15 is 0 Å². The molecule has 0 spiro atoms. The van der Waals surface area contributed by atoms with Crippen LogP contribution in [0.1, 0.15) is 38.2 Å². The minimum absolute atomic E-state index is 0.00703.